The lowest BCUT2D eigenvalue weighted by molar-refractivity contribution is -0.130. The maximum atomic E-state index is 12.3. The third-order valence-corrected chi connectivity index (χ3v) is 5.07. The Labute approximate surface area is 143 Å². The number of hydrogen-bond donors (Lipinski definition) is 1. The lowest BCUT2D eigenvalue weighted by Crippen LogP contribution is -2.39. The highest BCUT2D eigenvalue weighted by Crippen LogP contribution is 2.20. The molecule has 1 aromatic heterocycles. The van der Waals surface area contributed by atoms with Crippen molar-refractivity contribution in [2.75, 3.05) is 13.1 Å². The van der Waals surface area contributed by atoms with Crippen molar-refractivity contribution in [1.82, 2.24) is 20.2 Å². The summed E-state index contributed by atoms with van der Waals surface area (Å²) in [4.78, 5) is 34.5. The monoisotopic (exact) mass is 330 g/mol. The van der Waals surface area contributed by atoms with E-state index in [2.05, 4.69) is 15.3 Å². The van der Waals surface area contributed by atoms with Crippen molar-refractivity contribution in [3.8, 4) is 0 Å². The van der Waals surface area contributed by atoms with Crippen LogP contribution in [0.15, 0.2) is 12.4 Å². The van der Waals surface area contributed by atoms with Crippen molar-refractivity contribution in [3.63, 3.8) is 0 Å². The molecule has 1 aliphatic heterocycles. The van der Waals surface area contributed by atoms with Gasteiger partial charge >= 0.3 is 0 Å². The van der Waals surface area contributed by atoms with Gasteiger partial charge in [0.05, 0.1) is 11.9 Å². The molecule has 2 heterocycles. The summed E-state index contributed by atoms with van der Waals surface area (Å²) >= 11 is 0. The fourth-order valence-electron chi connectivity index (χ4n) is 3.76. The lowest BCUT2D eigenvalue weighted by Gasteiger charge is -2.31. The Morgan fingerprint density at radius 3 is 2.75 bits per heavy atom. The van der Waals surface area contributed by atoms with Crippen molar-refractivity contribution in [2.45, 2.75) is 57.9 Å². The van der Waals surface area contributed by atoms with Gasteiger partial charge < -0.3 is 10.2 Å². The van der Waals surface area contributed by atoms with Crippen molar-refractivity contribution in [2.24, 2.45) is 5.92 Å². The van der Waals surface area contributed by atoms with E-state index in [0.29, 0.717) is 11.6 Å². The van der Waals surface area contributed by atoms with Gasteiger partial charge in [0.1, 0.15) is 5.69 Å². The number of hydrogen-bond acceptors (Lipinski definition) is 4. The number of carbonyl (C=O) groups excluding carboxylic acids is 2. The fraction of sp³-hybridized carbons (Fsp3) is 0.667. The van der Waals surface area contributed by atoms with Crippen LogP contribution in [0.25, 0.3) is 0 Å². The smallest absolute Gasteiger partial charge is 0.271 e. The summed E-state index contributed by atoms with van der Waals surface area (Å²) in [7, 11) is 0. The van der Waals surface area contributed by atoms with Gasteiger partial charge in [-0.1, -0.05) is 12.8 Å². The first-order valence-corrected chi connectivity index (χ1v) is 8.99. The van der Waals surface area contributed by atoms with Crippen molar-refractivity contribution < 1.29 is 9.59 Å². The van der Waals surface area contributed by atoms with E-state index in [0.717, 1.165) is 50.9 Å². The zero-order chi connectivity index (χ0) is 16.9. The summed E-state index contributed by atoms with van der Waals surface area (Å²) in [5, 5.41) is 3.05. The van der Waals surface area contributed by atoms with Gasteiger partial charge in [0.2, 0.25) is 5.91 Å². The molecular weight excluding hydrogens is 304 g/mol. The average Bonchev–Trinajstić information content (AvgIpc) is 3.08. The number of nitrogens with one attached hydrogen (secondary N) is 1. The minimum absolute atomic E-state index is 0.120. The van der Waals surface area contributed by atoms with Crippen LogP contribution in [0.1, 0.15) is 61.6 Å². The molecule has 0 aromatic carbocycles. The van der Waals surface area contributed by atoms with Gasteiger partial charge in [-0.05, 0) is 38.0 Å². The van der Waals surface area contributed by atoms with Gasteiger partial charge in [-0.2, -0.15) is 0 Å². The predicted molar refractivity (Wildman–Crippen MR) is 90.4 cm³/mol. The van der Waals surface area contributed by atoms with Crippen LogP contribution in [0.3, 0.4) is 0 Å². The zero-order valence-corrected chi connectivity index (χ0v) is 14.3. The molecule has 1 saturated heterocycles. The Bertz CT molecular complexity index is 598. The van der Waals surface area contributed by atoms with E-state index in [-0.39, 0.29) is 17.9 Å². The molecule has 0 unspecified atom stereocenters. The molecule has 0 bridgehead atoms. The van der Waals surface area contributed by atoms with Crippen LogP contribution in [0.4, 0.5) is 0 Å². The van der Waals surface area contributed by atoms with E-state index >= 15 is 0 Å². The molecule has 1 saturated carbocycles. The third-order valence-electron chi connectivity index (χ3n) is 5.07. The number of piperidine rings is 1. The highest BCUT2D eigenvalue weighted by atomic mass is 16.2. The second-order valence-corrected chi connectivity index (χ2v) is 7.03. The molecule has 1 aliphatic carbocycles. The summed E-state index contributed by atoms with van der Waals surface area (Å²) in [6, 6.07) is 0.283. The molecule has 6 heteroatoms. The summed E-state index contributed by atoms with van der Waals surface area (Å²) in [6.07, 6.45) is 10.6. The Balaban J connectivity index is 1.60. The standard InChI is InChI=1S/C18H26N4O2/c1-13(23)22-8-4-5-14(12-22)9-16-10-19-11-17(20-16)18(24)21-15-6-2-3-7-15/h10-11,14-15H,2-9,12H2,1H3,(H,21,24)/t14-/m0/s1. The molecule has 2 aliphatic rings. The zero-order valence-electron chi connectivity index (χ0n) is 14.3. The van der Waals surface area contributed by atoms with E-state index in [1.165, 1.54) is 19.0 Å². The molecule has 0 spiro atoms. The highest BCUT2D eigenvalue weighted by molar-refractivity contribution is 5.92. The Morgan fingerprint density at radius 1 is 1.21 bits per heavy atom. The first-order chi connectivity index (χ1) is 11.6. The Kier molecular flexibility index (Phi) is 5.43. The minimum atomic E-state index is -0.120. The second kappa shape index (κ2) is 7.73. The fourth-order valence-corrected chi connectivity index (χ4v) is 3.76. The third kappa shape index (κ3) is 4.30. The molecular formula is C18H26N4O2. The summed E-state index contributed by atoms with van der Waals surface area (Å²) in [5.74, 6) is 0.408. The maximum absolute atomic E-state index is 12.3. The highest BCUT2D eigenvalue weighted by Gasteiger charge is 2.23. The quantitative estimate of drug-likeness (QED) is 0.915. The largest absolute Gasteiger partial charge is 0.348 e. The van der Waals surface area contributed by atoms with Crippen LogP contribution in [-0.2, 0) is 11.2 Å². The lowest BCUT2D eigenvalue weighted by atomic mass is 9.93. The Morgan fingerprint density at radius 2 is 2.00 bits per heavy atom. The summed E-state index contributed by atoms with van der Waals surface area (Å²) in [5.41, 5.74) is 1.24. The average molecular weight is 330 g/mol. The van der Waals surface area contributed by atoms with Gasteiger partial charge in [0, 0.05) is 32.3 Å². The number of rotatable bonds is 4. The molecule has 6 nitrogen and oxygen atoms in total. The SMILES string of the molecule is CC(=O)N1CCC[C@@H](Cc2cncc(C(=O)NC3CCCC3)n2)C1. The van der Waals surface area contributed by atoms with Crippen molar-refractivity contribution >= 4 is 11.8 Å². The number of likely N-dealkylation sites (tertiary alicyclic amines) is 1. The van der Waals surface area contributed by atoms with Crippen molar-refractivity contribution in [1.29, 1.82) is 0 Å². The molecule has 130 valence electrons. The van der Waals surface area contributed by atoms with Crippen LogP contribution in [0.5, 0.6) is 0 Å². The van der Waals surface area contributed by atoms with Gasteiger partial charge in [0.25, 0.3) is 5.91 Å². The molecule has 1 atom stereocenters. The summed E-state index contributed by atoms with van der Waals surface area (Å²) in [6.45, 7) is 3.24. The maximum Gasteiger partial charge on any atom is 0.271 e. The van der Waals surface area contributed by atoms with E-state index in [1.807, 2.05) is 4.90 Å². The second-order valence-electron chi connectivity index (χ2n) is 7.03. The van der Waals surface area contributed by atoms with Gasteiger partial charge in [-0.25, -0.2) is 4.98 Å². The number of carbonyl (C=O) groups is 2. The van der Waals surface area contributed by atoms with Crippen LogP contribution in [0.2, 0.25) is 0 Å². The van der Waals surface area contributed by atoms with Crippen molar-refractivity contribution in [3.05, 3.63) is 23.8 Å². The number of aromatic nitrogens is 2. The Hall–Kier alpha value is -1.98. The van der Waals surface area contributed by atoms with Gasteiger partial charge in [-0.3, -0.25) is 14.6 Å². The van der Waals surface area contributed by atoms with Crippen LogP contribution in [-0.4, -0.2) is 45.8 Å². The molecule has 2 amide bonds. The molecule has 2 fully saturated rings. The van der Waals surface area contributed by atoms with Crippen LogP contribution in [0, 0.1) is 5.92 Å². The number of amides is 2. The topological polar surface area (TPSA) is 75.2 Å². The first-order valence-electron chi connectivity index (χ1n) is 8.99. The van der Waals surface area contributed by atoms with Gasteiger partial charge in [-0.15, -0.1) is 0 Å². The minimum Gasteiger partial charge on any atom is -0.348 e. The van der Waals surface area contributed by atoms with Crippen LogP contribution < -0.4 is 5.32 Å². The number of nitrogens with zero attached hydrogens (tertiary/aromatic N) is 3. The predicted octanol–water partition coefficient (Wildman–Crippen LogP) is 1.95. The normalized spacial score (nSPS) is 21.7. The van der Waals surface area contributed by atoms with Crippen LogP contribution >= 0.6 is 0 Å². The van der Waals surface area contributed by atoms with Gasteiger partial charge in [0.15, 0.2) is 0 Å². The van der Waals surface area contributed by atoms with E-state index in [4.69, 9.17) is 0 Å². The first kappa shape index (κ1) is 16.9. The molecule has 0 radical (unpaired) electrons. The molecule has 3 rings (SSSR count). The summed E-state index contributed by atoms with van der Waals surface area (Å²) < 4.78 is 0. The van der Waals surface area contributed by atoms with E-state index < -0.39 is 0 Å². The van der Waals surface area contributed by atoms with E-state index in [1.54, 1.807) is 13.1 Å². The van der Waals surface area contributed by atoms with E-state index in [9.17, 15) is 9.59 Å². The molecule has 1 N–H and O–H groups in total. The molecule has 24 heavy (non-hydrogen) atoms. The molecule has 1 aromatic rings.